The zero-order valence-corrected chi connectivity index (χ0v) is 22.0. The van der Waals surface area contributed by atoms with Crippen molar-refractivity contribution in [3.63, 3.8) is 0 Å². The fraction of sp³-hybridized carbons (Fsp3) is 0.154. The molecule has 36 heavy (non-hydrogen) atoms. The molecule has 1 fully saturated rings. The van der Waals surface area contributed by atoms with Crippen LogP contribution >= 0.6 is 58.0 Å². The molecule has 10 heteroatoms. The maximum Gasteiger partial charge on any atom is 0.231 e. The number of hydrogen-bond donors (Lipinski definition) is 1. The number of halogens is 7. The first-order chi connectivity index (χ1) is 16.9. The third-order valence-electron chi connectivity index (χ3n) is 5.88. The van der Waals surface area contributed by atoms with Crippen molar-refractivity contribution in [1.82, 2.24) is 0 Å². The van der Waals surface area contributed by atoms with Crippen molar-refractivity contribution in [1.29, 1.82) is 0 Å². The smallest absolute Gasteiger partial charge is 0.231 e. The third kappa shape index (κ3) is 5.27. The Bertz CT molecular complexity index is 1390. The van der Waals surface area contributed by atoms with Gasteiger partial charge in [-0.25, -0.2) is 8.78 Å². The van der Waals surface area contributed by atoms with E-state index in [4.69, 9.17) is 58.0 Å². The summed E-state index contributed by atoms with van der Waals surface area (Å²) in [5, 5.41) is 3.56. The number of anilines is 1. The van der Waals surface area contributed by atoms with Gasteiger partial charge in [-0.05, 0) is 53.6 Å². The average Bonchev–Trinajstić information content (AvgIpc) is 3.38. The van der Waals surface area contributed by atoms with Crippen LogP contribution in [-0.2, 0) is 11.2 Å². The minimum atomic E-state index is -1.38. The molecule has 3 aromatic carbocycles. The van der Waals surface area contributed by atoms with Crippen LogP contribution in [0.5, 0.6) is 0 Å². The second-order valence-corrected chi connectivity index (χ2v) is 11.0. The van der Waals surface area contributed by atoms with Gasteiger partial charge in [-0.15, -0.1) is 23.2 Å². The first-order valence-electron chi connectivity index (χ1n) is 10.5. The quantitative estimate of drug-likeness (QED) is 0.222. The normalized spacial score (nSPS) is 18.0. The highest BCUT2D eigenvalue weighted by atomic mass is 35.5. The van der Waals surface area contributed by atoms with Crippen molar-refractivity contribution in [2.45, 2.75) is 16.7 Å². The summed E-state index contributed by atoms with van der Waals surface area (Å²) in [6, 6.07) is 11.4. The molecule has 2 atom stereocenters. The Balaban J connectivity index is 1.53. The standard InChI is InChI=1S/C26H16Cl5F2NO2/c1-2-17-20(32)6-3-12(24(17)33)9-21(35)18-11-16(4-5-19(18)29)34-25(36)23-22(26(23,30)31)13-7-14(27)10-15(28)8-13/h2-8,10-11,22-23H,1,9H2,(H,34,36). The Morgan fingerprint density at radius 2 is 1.67 bits per heavy atom. The predicted molar refractivity (Wildman–Crippen MR) is 142 cm³/mol. The van der Waals surface area contributed by atoms with E-state index in [1.165, 1.54) is 24.3 Å². The largest absolute Gasteiger partial charge is 0.326 e. The van der Waals surface area contributed by atoms with E-state index in [9.17, 15) is 18.4 Å². The summed E-state index contributed by atoms with van der Waals surface area (Å²) in [4.78, 5) is 25.9. The van der Waals surface area contributed by atoms with Crippen molar-refractivity contribution in [3.8, 4) is 0 Å². The van der Waals surface area contributed by atoms with Crippen molar-refractivity contribution < 1.29 is 18.4 Å². The number of alkyl halides is 2. The first-order valence-corrected chi connectivity index (χ1v) is 12.4. The molecule has 0 spiro atoms. The maximum absolute atomic E-state index is 14.6. The van der Waals surface area contributed by atoms with Crippen molar-refractivity contribution in [2.75, 3.05) is 5.32 Å². The zero-order chi connectivity index (χ0) is 26.4. The van der Waals surface area contributed by atoms with Crippen molar-refractivity contribution in [2.24, 2.45) is 5.92 Å². The van der Waals surface area contributed by atoms with Gasteiger partial charge >= 0.3 is 0 Å². The van der Waals surface area contributed by atoms with Crippen LogP contribution in [0.3, 0.4) is 0 Å². The lowest BCUT2D eigenvalue weighted by atomic mass is 9.99. The van der Waals surface area contributed by atoms with Gasteiger partial charge < -0.3 is 5.32 Å². The van der Waals surface area contributed by atoms with E-state index in [0.29, 0.717) is 15.6 Å². The molecule has 4 rings (SSSR count). The molecular formula is C26H16Cl5F2NO2. The predicted octanol–water partition coefficient (Wildman–Crippen LogP) is 8.52. The van der Waals surface area contributed by atoms with Crippen LogP contribution in [-0.4, -0.2) is 16.0 Å². The lowest BCUT2D eigenvalue weighted by Crippen LogP contribution is -2.17. The molecule has 0 heterocycles. The van der Waals surface area contributed by atoms with Crippen LogP contribution < -0.4 is 5.32 Å². The highest BCUT2D eigenvalue weighted by Gasteiger charge is 2.67. The van der Waals surface area contributed by atoms with Gasteiger partial charge in [-0.3, -0.25) is 9.59 Å². The number of ketones is 1. The number of nitrogens with one attached hydrogen (secondary N) is 1. The fourth-order valence-corrected chi connectivity index (χ4v) is 5.66. The van der Waals surface area contributed by atoms with Gasteiger partial charge in [0.05, 0.1) is 10.9 Å². The highest BCUT2D eigenvalue weighted by molar-refractivity contribution is 6.53. The van der Waals surface area contributed by atoms with E-state index < -0.39 is 39.5 Å². The van der Waals surface area contributed by atoms with Gasteiger partial charge in [0.1, 0.15) is 16.0 Å². The minimum Gasteiger partial charge on any atom is -0.326 e. The summed E-state index contributed by atoms with van der Waals surface area (Å²) in [6.45, 7) is 3.39. The molecule has 3 aromatic rings. The summed E-state index contributed by atoms with van der Waals surface area (Å²) in [5.41, 5.74) is 0.591. The molecule has 0 bridgehead atoms. The van der Waals surface area contributed by atoms with Gasteiger partial charge in [-0.2, -0.15) is 0 Å². The summed E-state index contributed by atoms with van der Waals surface area (Å²) >= 11 is 31.1. The molecule has 0 saturated heterocycles. The summed E-state index contributed by atoms with van der Waals surface area (Å²) in [5.74, 6) is -4.03. The second kappa shape index (κ2) is 10.3. The number of amides is 1. The number of rotatable bonds is 7. The van der Waals surface area contributed by atoms with E-state index in [1.54, 1.807) is 18.2 Å². The highest BCUT2D eigenvalue weighted by Crippen LogP contribution is 2.65. The van der Waals surface area contributed by atoms with Gasteiger partial charge in [0.25, 0.3) is 0 Å². The Morgan fingerprint density at radius 1 is 1.00 bits per heavy atom. The topological polar surface area (TPSA) is 46.2 Å². The molecule has 1 amide bonds. The lowest BCUT2D eigenvalue weighted by molar-refractivity contribution is -0.117. The van der Waals surface area contributed by atoms with Gasteiger partial charge in [0.2, 0.25) is 5.91 Å². The first kappa shape index (κ1) is 26.9. The molecule has 186 valence electrons. The van der Waals surface area contributed by atoms with Gasteiger partial charge in [0.15, 0.2) is 5.78 Å². The Kier molecular flexibility index (Phi) is 7.70. The second-order valence-electron chi connectivity index (χ2n) is 8.25. The van der Waals surface area contributed by atoms with E-state index in [2.05, 4.69) is 11.9 Å². The molecule has 1 N–H and O–H groups in total. The SMILES string of the molecule is C=Cc1c(F)ccc(CC(=O)c2cc(NC(=O)C3C(c4cc(Cl)cc(Cl)c4)C3(Cl)Cl)ccc2Cl)c1F. The molecular weight excluding hydrogens is 574 g/mol. The van der Waals surface area contributed by atoms with E-state index in [0.717, 1.165) is 12.1 Å². The molecule has 2 unspecified atom stereocenters. The molecule has 0 radical (unpaired) electrons. The Hall–Kier alpha value is -2.15. The van der Waals surface area contributed by atoms with Crippen LogP contribution in [0.25, 0.3) is 6.08 Å². The molecule has 0 aromatic heterocycles. The van der Waals surface area contributed by atoms with Crippen LogP contribution in [0.4, 0.5) is 14.5 Å². The maximum atomic E-state index is 14.6. The number of benzene rings is 3. The van der Waals surface area contributed by atoms with E-state index in [-0.39, 0.29) is 33.8 Å². The molecule has 0 aliphatic heterocycles. The van der Waals surface area contributed by atoms with E-state index >= 15 is 0 Å². The number of carbonyl (C=O) groups is 2. The summed E-state index contributed by atoms with van der Waals surface area (Å²) < 4.78 is 26.9. The molecule has 1 aliphatic rings. The van der Waals surface area contributed by atoms with E-state index in [1.807, 2.05) is 0 Å². The summed E-state index contributed by atoms with van der Waals surface area (Å²) in [6.07, 6.45) is 0.662. The fourth-order valence-electron chi connectivity index (χ4n) is 4.07. The molecule has 3 nitrogen and oxygen atoms in total. The van der Waals surface area contributed by atoms with Crippen LogP contribution in [0.2, 0.25) is 15.1 Å². The lowest BCUT2D eigenvalue weighted by Gasteiger charge is -2.10. The van der Waals surface area contributed by atoms with Crippen LogP contribution in [0.15, 0.2) is 55.1 Å². The van der Waals surface area contributed by atoms with Gasteiger partial charge in [0, 0.05) is 39.2 Å². The van der Waals surface area contributed by atoms with Crippen molar-refractivity contribution >= 4 is 81.5 Å². The van der Waals surface area contributed by atoms with Crippen molar-refractivity contribution in [3.05, 3.63) is 104 Å². The summed E-state index contributed by atoms with van der Waals surface area (Å²) in [7, 11) is 0. The Morgan fingerprint density at radius 3 is 2.31 bits per heavy atom. The third-order valence-corrected chi connectivity index (χ3v) is 7.58. The number of Topliss-reactive ketones (excluding diaryl/α,β-unsaturated/α-hetero) is 1. The minimum absolute atomic E-state index is 0.0168. The zero-order valence-electron chi connectivity index (χ0n) is 18.2. The Labute approximate surface area is 230 Å². The number of carbonyl (C=O) groups excluding carboxylic acids is 2. The number of hydrogen-bond acceptors (Lipinski definition) is 2. The molecule has 1 saturated carbocycles. The average molecular weight is 590 g/mol. The monoisotopic (exact) mass is 587 g/mol. The molecule has 1 aliphatic carbocycles. The van der Waals surface area contributed by atoms with Crippen LogP contribution in [0.1, 0.15) is 33.0 Å². The van der Waals surface area contributed by atoms with Gasteiger partial charge in [-0.1, -0.05) is 53.5 Å². The van der Waals surface area contributed by atoms with Crippen LogP contribution in [0, 0.1) is 17.6 Å².